The van der Waals surface area contributed by atoms with Gasteiger partial charge in [-0.3, -0.25) is 14.8 Å². The summed E-state index contributed by atoms with van der Waals surface area (Å²) in [6.07, 6.45) is 3.09. The van der Waals surface area contributed by atoms with E-state index in [-0.39, 0.29) is 16.7 Å². The molecule has 0 radical (unpaired) electrons. The molecule has 6 nitrogen and oxygen atoms in total. The molecule has 5 rings (SSSR count). The number of ether oxygens (including phenoxy) is 1. The van der Waals surface area contributed by atoms with Gasteiger partial charge in [-0.15, -0.1) is 11.8 Å². The van der Waals surface area contributed by atoms with Gasteiger partial charge in [0.1, 0.15) is 17.7 Å². The Morgan fingerprint density at radius 2 is 1.75 bits per heavy atom. The zero-order chi connectivity index (χ0) is 31.6. The molecule has 0 fully saturated rings. The van der Waals surface area contributed by atoms with Crippen molar-refractivity contribution in [3.8, 4) is 17.0 Å². The van der Waals surface area contributed by atoms with Crippen molar-refractivity contribution in [2.75, 3.05) is 0 Å². The van der Waals surface area contributed by atoms with Crippen LogP contribution in [0.1, 0.15) is 64.6 Å². The van der Waals surface area contributed by atoms with E-state index in [0.717, 1.165) is 44.1 Å². The number of halogens is 1. The van der Waals surface area contributed by atoms with Gasteiger partial charge < -0.3 is 14.4 Å². The molecule has 0 aliphatic heterocycles. The van der Waals surface area contributed by atoms with Crippen molar-refractivity contribution in [1.29, 1.82) is 0 Å². The van der Waals surface area contributed by atoms with Crippen LogP contribution in [0.4, 0.5) is 4.39 Å². The fourth-order valence-electron chi connectivity index (χ4n) is 5.09. The molecule has 8 heteroatoms. The molecule has 44 heavy (non-hydrogen) atoms. The zero-order valence-electron chi connectivity index (χ0n) is 26.0. The fourth-order valence-corrected chi connectivity index (χ4v) is 6.28. The highest BCUT2D eigenvalue weighted by Gasteiger charge is 2.33. The van der Waals surface area contributed by atoms with E-state index >= 15 is 0 Å². The number of hydrogen-bond acceptors (Lipinski definition) is 5. The maximum atomic E-state index is 13.4. The molecule has 2 aromatic carbocycles. The van der Waals surface area contributed by atoms with Crippen LogP contribution in [0.15, 0.2) is 90.1 Å². The topological polar surface area (TPSA) is 77.2 Å². The van der Waals surface area contributed by atoms with Crippen LogP contribution in [0.2, 0.25) is 0 Å². The van der Waals surface area contributed by atoms with Crippen molar-refractivity contribution in [3.05, 3.63) is 108 Å². The van der Waals surface area contributed by atoms with Crippen molar-refractivity contribution in [3.63, 3.8) is 0 Å². The number of carboxylic acids is 1. The van der Waals surface area contributed by atoms with Gasteiger partial charge in [-0.1, -0.05) is 51.1 Å². The number of carboxylic acid groups (broad SMARTS) is 1. The fraction of sp³-hybridized carbons (Fsp3) is 0.306. The molecular weight excluding hydrogens is 573 g/mol. The average molecular weight is 612 g/mol. The molecule has 3 aromatic heterocycles. The van der Waals surface area contributed by atoms with Crippen LogP contribution in [-0.4, -0.2) is 30.4 Å². The van der Waals surface area contributed by atoms with Gasteiger partial charge in [-0.25, -0.2) is 4.39 Å². The lowest BCUT2D eigenvalue weighted by molar-refractivity contribution is -0.146. The third-order valence-corrected chi connectivity index (χ3v) is 8.69. The summed E-state index contributed by atoms with van der Waals surface area (Å²) in [5, 5.41) is 11.1. The molecule has 228 valence electrons. The number of carbonyl (C=O) groups is 1. The number of thioether (sulfide) groups is 1. The SMILES string of the molecule is CC(Oc1ccc2c(c1)c(SC(C)(C)C)c(CC(C)(C)C(=O)O)n2Cc1ccc(-c2ccc(F)cn2)cc1)c1ccccn1. The maximum Gasteiger partial charge on any atom is 0.309 e. The molecule has 1 N–H and O–H groups in total. The molecule has 0 saturated heterocycles. The second kappa shape index (κ2) is 12.4. The van der Waals surface area contributed by atoms with Crippen LogP contribution in [0.5, 0.6) is 5.75 Å². The number of fused-ring (bicyclic) bond motifs is 1. The summed E-state index contributed by atoms with van der Waals surface area (Å²) in [5.74, 6) is -0.487. The first kappa shape index (κ1) is 31.3. The van der Waals surface area contributed by atoms with E-state index < -0.39 is 11.4 Å². The van der Waals surface area contributed by atoms with Crippen LogP contribution in [0, 0.1) is 11.2 Å². The Hall–Kier alpha value is -4.17. The minimum Gasteiger partial charge on any atom is -0.484 e. The summed E-state index contributed by atoms with van der Waals surface area (Å²) in [5.41, 5.74) is 4.50. The van der Waals surface area contributed by atoms with Gasteiger partial charge >= 0.3 is 5.97 Å². The molecule has 1 atom stereocenters. The Balaban J connectivity index is 1.60. The first-order valence-corrected chi connectivity index (χ1v) is 15.5. The predicted octanol–water partition coefficient (Wildman–Crippen LogP) is 8.97. The Morgan fingerprint density at radius 3 is 2.36 bits per heavy atom. The lowest BCUT2D eigenvalue weighted by atomic mass is 9.88. The Bertz CT molecular complexity index is 1760. The highest BCUT2D eigenvalue weighted by atomic mass is 32.2. The molecule has 3 heterocycles. The van der Waals surface area contributed by atoms with Gasteiger partial charge in [0.05, 0.1) is 23.0 Å². The predicted molar refractivity (Wildman–Crippen MR) is 175 cm³/mol. The molecule has 0 spiro atoms. The van der Waals surface area contributed by atoms with Crippen LogP contribution in [0.3, 0.4) is 0 Å². The normalized spacial score (nSPS) is 12.8. The quantitative estimate of drug-likeness (QED) is 0.159. The lowest BCUT2D eigenvalue weighted by Crippen LogP contribution is -2.28. The molecule has 0 aliphatic carbocycles. The van der Waals surface area contributed by atoms with Gasteiger partial charge in [-0.2, -0.15) is 0 Å². The van der Waals surface area contributed by atoms with E-state index in [1.54, 1.807) is 37.9 Å². The van der Waals surface area contributed by atoms with Crippen LogP contribution < -0.4 is 4.74 Å². The minimum atomic E-state index is -0.982. The minimum absolute atomic E-state index is 0.122. The molecule has 0 amide bonds. The third kappa shape index (κ3) is 7.13. The third-order valence-electron chi connectivity index (χ3n) is 7.42. The van der Waals surface area contributed by atoms with E-state index in [0.29, 0.717) is 18.7 Å². The zero-order valence-corrected chi connectivity index (χ0v) is 26.8. The van der Waals surface area contributed by atoms with Gasteiger partial charge in [0.2, 0.25) is 0 Å². The second-order valence-corrected chi connectivity index (χ2v) is 14.5. The maximum absolute atomic E-state index is 13.4. The highest BCUT2D eigenvalue weighted by Crippen LogP contribution is 2.44. The van der Waals surface area contributed by atoms with E-state index in [2.05, 4.69) is 47.4 Å². The molecule has 0 bridgehead atoms. The van der Waals surface area contributed by atoms with E-state index in [1.807, 2.05) is 55.5 Å². The van der Waals surface area contributed by atoms with Crippen molar-refractivity contribution in [2.24, 2.45) is 5.41 Å². The second-order valence-electron chi connectivity index (χ2n) is 12.7. The number of aromatic nitrogens is 3. The summed E-state index contributed by atoms with van der Waals surface area (Å²) in [7, 11) is 0. The van der Waals surface area contributed by atoms with Crippen LogP contribution in [0.25, 0.3) is 22.2 Å². The van der Waals surface area contributed by atoms with Crippen LogP contribution in [-0.2, 0) is 17.8 Å². The van der Waals surface area contributed by atoms with E-state index in [9.17, 15) is 14.3 Å². The summed E-state index contributed by atoms with van der Waals surface area (Å²) >= 11 is 1.74. The lowest BCUT2D eigenvalue weighted by Gasteiger charge is -2.24. The Labute approximate surface area is 262 Å². The van der Waals surface area contributed by atoms with Crippen LogP contribution >= 0.6 is 11.8 Å². The first-order valence-electron chi connectivity index (χ1n) is 14.7. The van der Waals surface area contributed by atoms with E-state index in [4.69, 9.17) is 4.74 Å². The first-order chi connectivity index (χ1) is 20.8. The van der Waals surface area contributed by atoms with Crippen molar-refractivity contribution < 1.29 is 19.0 Å². The monoisotopic (exact) mass is 611 g/mol. The Kier molecular flexibility index (Phi) is 8.84. The largest absolute Gasteiger partial charge is 0.484 e. The molecule has 0 saturated carbocycles. The molecule has 0 aliphatic rings. The summed E-state index contributed by atoms with van der Waals surface area (Å²) in [4.78, 5) is 22.0. The number of nitrogens with zero attached hydrogens (tertiary/aromatic N) is 3. The number of pyridine rings is 2. The number of rotatable bonds is 10. The molecular formula is C36H38FN3O3S. The van der Waals surface area contributed by atoms with E-state index in [1.165, 1.54) is 12.3 Å². The number of aliphatic carboxylic acids is 1. The van der Waals surface area contributed by atoms with Gasteiger partial charge in [0.25, 0.3) is 0 Å². The highest BCUT2D eigenvalue weighted by molar-refractivity contribution is 8.00. The van der Waals surface area contributed by atoms with Gasteiger partial charge in [-0.05, 0) is 68.8 Å². The van der Waals surface area contributed by atoms with Crippen molar-refractivity contribution in [1.82, 2.24) is 14.5 Å². The van der Waals surface area contributed by atoms with Crippen molar-refractivity contribution in [2.45, 2.75) is 70.3 Å². The summed E-state index contributed by atoms with van der Waals surface area (Å²) < 4.78 is 21.9. The van der Waals surface area contributed by atoms with Gasteiger partial charge in [0, 0.05) is 51.0 Å². The standard InChI is InChI=1S/C36H38FN3O3S/c1-23(29-9-7-8-18-38-29)43-27-15-17-31-28(19-27)33(44-35(2,3)4)32(20-36(5,6)34(41)42)40(31)22-24-10-12-25(13-11-24)30-16-14-26(37)21-39-30/h7-19,21,23H,20,22H2,1-6H3,(H,41,42). The average Bonchev–Trinajstić information content (AvgIpc) is 3.23. The van der Waals surface area contributed by atoms with Gasteiger partial charge in [0.15, 0.2) is 0 Å². The Morgan fingerprint density at radius 1 is 1.00 bits per heavy atom. The molecule has 5 aromatic rings. The number of benzene rings is 2. The smallest absolute Gasteiger partial charge is 0.309 e. The summed E-state index contributed by atoms with van der Waals surface area (Å²) in [6.45, 7) is 12.6. The summed E-state index contributed by atoms with van der Waals surface area (Å²) in [6, 6.07) is 23.0. The van der Waals surface area contributed by atoms with Crippen molar-refractivity contribution >= 4 is 28.6 Å². The molecule has 1 unspecified atom stereocenters. The number of hydrogen-bond donors (Lipinski definition) is 1.